The van der Waals surface area contributed by atoms with Gasteiger partial charge in [-0.3, -0.25) is 0 Å². The summed E-state index contributed by atoms with van der Waals surface area (Å²) in [6.07, 6.45) is 2.71. The highest BCUT2D eigenvalue weighted by Gasteiger charge is 2.29. The number of rotatable bonds is 0. The van der Waals surface area contributed by atoms with Crippen molar-refractivity contribution in [2.45, 2.75) is 18.9 Å². The van der Waals surface area contributed by atoms with Crippen molar-refractivity contribution < 1.29 is 4.74 Å². The van der Waals surface area contributed by atoms with E-state index in [1.54, 1.807) is 0 Å². The minimum atomic E-state index is 0.693. The minimum Gasteiger partial charge on any atom is -0.379 e. The molecule has 2 heteroatoms. The Morgan fingerprint density at radius 1 is 1.33 bits per heavy atom. The molecule has 2 saturated heterocycles. The Morgan fingerprint density at radius 2 is 2.33 bits per heavy atom. The van der Waals surface area contributed by atoms with Gasteiger partial charge in [-0.1, -0.05) is 0 Å². The SMILES string of the molecule is C1CNC2COCC2C1. The first-order valence-electron chi connectivity index (χ1n) is 3.78. The van der Waals surface area contributed by atoms with Gasteiger partial charge in [-0.2, -0.15) is 0 Å². The molecule has 0 aromatic heterocycles. The Hall–Kier alpha value is -0.0800. The zero-order valence-corrected chi connectivity index (χ0v) is 5.60. The molecule has 0 aromatic rings. The highest BCUT2D eigenvalue weighted by molar-refractivity contribution is 4.84. The van der Waals surface area contributed by atoms with E-state index in [1.165, 1.54) is 19.4 Å². The average Bonchev–Trinajstić information content (AvgIpc) is 2.33. The molecule has 0 saturated carbocycles. The monoisotopic (exact) mass is 127 g/mol. The summed E-state index contributed by atoms with van der Waals surface area (Å²) in [4.78, 5) is 0. The molecule has 0 bridgehead atoms. The van der Waals surface area contributed by atoms with Gasteiger partial charge in [-0.25, -0.2) is 0 Å². The van der Waals surface area contributed by atoms with Crippen molar-refractivity contribution in [3.8, 4) is 0 Å². The van der Waals surface area contributed by atoms with Gasteiger partial charge >= 0.3 is 0 Å². The number of ether oxygens (including phenoxy) is 1. The van der Waals surface area contributed by atoms with E-state index in [9.17, 15) is 0 Å². The van der Waals surface area contributed by atoms with Gasteiger partial charge in [0.15, 0.2) is 0 Å². The van der Waals surface area contributed by atoms with E-state index in [2.05, 4.69) is 5.32 Å². The van der Waals surface area contributed by atoms with Gasteiger partial charge in [0.2, 0.25) is 0 Å². The summed E-state index contributed by atoms with van der Waals surface area (Å²) in [6.45, 7) is 3.15. The third kappa shape index (κ3) is 0.970. The van der Waals surface area contributed by atoms with E-state index in [-0.39, 0.29) is 0 Å². The zero-order chi connectivity index (χ0) is 6.10. The van der Waals surface area contributed by atoms with Crippen LogP contribution in [0.15, 0.2) is 0 Å². The van der Waals surface area contributed by atoms with Gasteiger partial charge in [-0.05, 0) is 25.3 Å². The maximum Gasteiger partial charge on any atom is 0.0623 e. The Labute approximate surface area is 55.6 Å². The largest absolute Gasteiger partial charge is 0.379 e. The molecule has 0 amide bonds. The van der Waals surface area contributed by atoms with Gasteiger partial charge in [0, 0.05) is 6.04 Å². The third-order valence-corrected chi connectivity index (χ3v) is 2.36. The number of piperidine rings is 1. The molecule has 2 fully saturated rings. The lowest BCUT2D eigenvalue weighted by Crippen LogP contribution is -2.40. The van der Waals surface area contributed by atoms with Gasteiger partial charge in [-0.15, -0.1) is 0 Å². The molecule has 2 unspecified atom stereocenters. The van der Waals surface area contributed by atoms with Crippen molar-refractivity contribution in [1.29, 1.82) is 0 Å². The summed E-state index contributed by atoms with van der Waals surface area (Å²) >= 11 is 0. The van der Waals surface area contributed by atoms with Crippen molar-refractivity contribution in [2.24, 2.45) is 5.92 Å². The second-order valence-electron chi connectivity index (χ2n) is 3.00. The van der Waals surface area contributed by atoms with Crippen molar-refractivity contribution in [1.82, 2.24) is 5.32 Å². The number of hydrogen-bond donors (Lipinski definition) is 1. The lowest BCUT2D eigenvalue weighted by molar-refractivity contribution is 0.183. The average molecular weight is 127 g/mol. The van der Waals surface area contributed by atoms with Gasteiger partial charge in [0.25, 0.3) is 0 Å². The van der Waals surface area contributed by atoms with Gasteiger partial charge in [0.05, 0.1) is 13.2 Å². The summed E-state index contributed by atoms with van der Waals surface area (Å²) in [6, 6.07) is 0.693. The van der Waals surface area contributed by atoms with Crippen LogP contribution in [0.5, 0.6) is 0 Å². The van der Waals surface area contributed by atoms with Gasteiger partial charge < -0.3 is 10.1 Å². The fourth-order valence-electron chi connectivity index (χ4n) is 1.76. The number of fused-ring (bicyclic) bond motifs is 1. The molecule has 0 radical (unpaired) electrons. The standard InChI is InChI=1S/C7H13NO/c1-2-6-4-9-5-7(6)8-3-1/h6-8H,1-5H2. The lowest BCUT2D eigenvalue weighted by Gasteiger charge is -2.24. The molecular formula is C7H13NO. The first-order chi connectivity index (χ1) is 4.47. The van der Waals surface area contributed by atoms with Crippen molar-refractivity contribution in [2.75, 3.05) is 19.8 Å². The number of nitrogens with one attached hydrogen (secondary N) is 1. The molecule has 2 nitrogen and oxygen atoms in total. The molecule has 52 valence electrons. The van der Waals surface area contributed by atoms with Crippen molar-refractivity contribution in [3.63, 3.8) is 0 Å². The van der Waals surface area contributed by atoms with E-state index in [4.69, 9.17) is 4.74 Å². The maximum atomic E-state index is 5.33. The molecule has 0 spiro atoms. The van der Waals surface area contributed by atoms with E-state index < -0.39 is 0 Å². The lowest BCUT2D eigenvalue weighted by atomic mass is 9.94. The Morgan fingerprint density at radius 3 is 3.22 bits per heavy atom. The van der Waals surface area contributed by atoms with Crippen LogP contribution in [0.4, 0.5) is 0 Å². The second-order valence-corrected chi connectivity index (χ2v) is 3.00. The molecule has 2 rings (SSSR count). The van der Waals surface area contributed by atoms with Crippen LogP contribution < -0.4 is 5.32 Å². The number of hydrogen-bond acceptors (Lipinski definition) is 2. The van der Waals surface area contributed by atoms with Crippen LogP contribution in [0.2, 0.25) is 0 Å². The smallest absolute Gasteiger partial charge is 0.0623 e. The van der Waals surface area contributed by atoms with Crippen LogP contribution in [0.25, 0.3) is 0 Å². The van der Waals surface area contributed by atoms with Crippen molar-refractivity contribution >= 4 is 0 Å². The minimum absolute atomic E-state index is 0.693. The van der Waals surface area contributed by atoms with Crippen LogP contribution in [0.1, 0.15) is 12.8 Å². The molecule has 2 aliphatic rings. The molecule has 9 heavy (non-hydrogen) atoms. The molecule has 2 atom stereocenters. The third-order valence-electron chi connectivity index (χ3n) is 2.36. The van der Waals surface area contributed by atoms with Crippen LogP contribution in [-0.4, -0.2) is 25.8 Å². The normalized spacial score (nSPS) is 42.7. The van der Waals surface area contributed by atoms with E-state index in [0.717, 1.165) is 19.1 Å². The quantitative estimate of drug-likeness (QED) is 0.508. The highest BCUT2D eigenvalue weighted by Crippen LogP contribution is 2.21. The summed E-state index contributed by atoms with van der Waals surface area (Å²) in [5, 5.41) is 3.46. The first-order valence-corrected chi connectivity index (χ1v) is 3.78. The Bertz CT molecular complexity index is 93.1. The molecular weight excluding hydrogens is 114 g/mol. The highest BCUT2D eigenvalue weighted by atomic mass is 16.5. The molecule has 1 N–H and O–H groups in total. The molecule has 2 heterocycles. The molecule has 2 aliphatic heterocycles. The summed E-state index contributed by atoms with van der Waals surface area (Å²) in [5.41, 5.74) is 0. The summed E-state index contributed by atoms with van der Waals surface area (Å²) in [5.74, 6) is 0.832. The first kappa shape index (κ1) is 5.69. The van der Waals surface area contributed by atoms with Gasteiger partial charge in [0.1, 0.15) is 0 Å². The summed E-state index contributed by atoms with van der Waals surface area (Å²) < 4.78 is 5.33. The molecule has 0 aromatic carbocycles. The fraction of sp³-hybridized carbons (Fsp3) is 1.00. The van der Waals surface area contributed by atoms with E-state index in [0.29, 0.717) is 6.04 Å². The van der Waals surface area contributed by atoms with Crippen LogP contribution in [0.3, 0.4) is 0 Å². The predicted octanol–water partition coefficient (Wildman–Crippen LogP) is 0.385. The Balaban J connectivity index is 1.97. The fourth-order valence-corrected chi connectivity index (χ4v) is 1.76. The predicted molar refractivity (Wildman–Crippen MR) is 35.3 cm³/mol. The topological polar surface area (TPSA) is 21.3 Å². The maximum absolute atomic E-state index is 5.33. The van der Waals surface area contributed by atoms with Crippen LogP contribution in [-0.2, 0) is 4.74 Å². The zero-order valence-electron chi connectivity index (χ0n) is 5.60. The van der Waals surface area contributed by atoms with E-state index >= 15 is 0 Å². The van der Waals surface area contributed by atoms with Crippen LogP contribution >= 0.6 is 0 Å². The Kier molecular flexibility index (Phi) is 1.44. The summed E-state index contributed by atoms with van der Waals surface area (Å²) in [7, 11) is 0. The molecule has 0 aliphatic carbocycles. The van der Waals surface area contributed by atoms with E-state index in [1.807, 2.05) is 0 Å². The second kappa shape index (κ2) is 2.27. The van der Waals surface area contributed by atoms with Crippen LogP contribution in [0, 0.1) is 5.92 Å². The van der Waals surface area contributed by atoms with Crippen molar-refractivity contribution in [3.05, 3.63) is 0 Å².